The predicted octanol–water partition coefficient (Wildman–Crippen LogP) is 2.34. The van der Waals surface area contributed by atoms with E-state index in [0.717, 1.165) is 5.56 Å². The Morgan fingerprint density at radius 1 is 1.33 bits per heavy atom. The van der Waals surface area contributed by atoms with Crippen LogP contribution in [0.3, 0.4) is 0 Å². The number of aliphatic hydroxyl groups excluding tert-OH is 1. The van der Waals surface area contributed by atoms with E-state index in [1.165, 1.54) is 0 Å². The smallest absolute Gasteiger partial charge is 0.0626 e. The molecule has 64 valence electrons. The highest BCUT2D eigenvalue weighted by Gasteiger charge is 1.93. The van der Waals surface area contributed by atoms with Crippen molar-refractivity contribution in [3.8, 4) is 0 Å². The van der Waals surface area contributed by atoms with Crippen LogP contribution in [0, 0.1) is 0 Å². The van der Waals surface area contributed by atoms with Gasteiger partial charge in [-0.1, -0.05) is 41.9 Å². The summed E-state index contributed by atoms with van der Waals surface area (Å²) in [6, 6.07) is 9.92. The van der Waals surface area contributed by atoms with E-state index in [0.29, 0.717) is 11.5 Å². The molecule has 0 saturated carbocycles. The molecule has 0 atom stereocenters. The largest absolute Gasteiger partial charge is 0.392 e. The van der Waals surface area contributed by atoms with Crippen LogP contribution in [0.5, 0.6) is 0 Å². The minimum atomic E-state index is 0.00562. The van der Waals surface area contributed by atoms with E-state index in [9.17, 15) is 0 Å². The van der Waals surface area contributed by atoms with Crippen LogP contribution in [0.15, 0.2) is 41.4 Å². The molecule has 0 radical (unpaired) electrons. The topological polar surface area (TPSA) is 20.2 Å². The second-order valence-electron chi connectivity index (χ2n) is 2.50. The molecule has 0 heterocycles. The maximum Gasteiger partial charge on any atom is 0.0626 e. The molecule has 0 fully saturated rings. The lowest BCUT2D eigenvalue weighted by Crippen LogP contribution is -1.85. The molecule has 0 spiro atoms. The highest BCUT2D eigenvalue weighted by Crippen LogP contribution is 2.10. The maximum atomic E-state index is 8.55. The summed E-state index contributed by atoms with van der Waals surface area (Å²) in [5.41, 5.74) is 1.16. The van der Waals surface area contributed by atoms with E-state index in [1.807, 2.05) is 30.3 Å². The van der Waals surface area contributed by atoms with Gasteiger partial charge in [-0.3, -0.25) is 0 Å². The molecule has 0 saturated heterocycles. The maximum absolute atomic E-state index is 8.55. The Bertz CT molecular complexity index is 254. The summed E-state index contributed by atoms with van der Waals surface area (Å²) >= 11 is 5.82. The van der Waals surface area contributed by atoms with Crippen molar-refractivity contribution in [2.24, 2.45) is 0 Å². The molecule has 2 heteroatoms. The molecule has 1 rings (SSSR count). The number of benzene rings is 1. The predicted molar refractivity (Wildman–Crippen MR) is 51.2 cm³/mol. The molecule has 1 aromatic carbocycles. The second-order valence-corrected chi connectivity index (χ2v) is 2.98. The lowest BCUT2D eigenvalue weighted by Gasteiger charge is -1.98. The number of rotatable bonds is 3. The van der Waals surface area contributed by atoms with E-state index in [4.69, 9.17) is 16.7 Å². The summed E-state index contributed by atoms with van der Waals surface area (Å²) in [5.74, 6) is 0. The van der Waals surface area contributed by atoms with Crippen molar-refractivity contribution in [1.82, 2.24) is 0 Å². The van der Waals surface area contributed by atoms with Crippen LogP contribution in [0.25, 0.3) is 0 Å². The van der Waals surface area contributed by atoms with Gasteiger partial charge in [-0.15, -0.1) is 0 Å². The molecule has 0 bridgehead atoms. The zero-order valence-electron chi connectivity index (χ0n) is 6.70. The quantitative estimate of drug-likeness (QED) is 0.761. The molecule has 1 N–H and O–H groups in total. The molecule has 0 unspecified atom stereocenters. The zero-order chi connectivity index (χ0) is 8.81. The molecule has 1 nitrogen and oxygen atoms in total. The third-order valence-corrected chi connectivity index (χ3v) is 1.82. The summed E-state index contributed by atoms with van der Waals surface area (Å²) in [5, 5.41) is 9.24. The Morgan fingerprint density at radius 3 is 2.58 bits per heavy atom. The van der Waals surface area contributed by atoms with Gasteiger partial charge in [0.15, 0.2) is 0 Å². The van der Waals surface area contributed by atoms with Crippen LogP contribution in [0.4, 0.5) is 0 Å². The first-order chi connectivity index (χ1) is 5.83. The first-order valence-corrected chi connectivity index (χ1v) is 4.20. The summed E-state index contributed by atoms with van der Waals surface area (Å²) in [4.78, 5) is 0. The highest BCUT2D eigenvalue weighted by atomic mass is 35.5. The SMILES string of the molecule is OCC=C(Cl)Cc1ccccc1. The Hall–Kier alpha value is -0.790. The molecule has 1 aromatic rings. The average molecular weight is 183 g/mol. The normalized spacial score (nSPS) is 11.7. The zero-order valence-corrected chi connectivity index (χ0v) is 7.46. The van der Waals surface area contributed by atoms with Gasteiger partial charge < -0.3 is 5.11 Å². The van der Waals surface area contributed by atoms with E-state index < -0.39 is 0 Å². The molecule has 0 amide bonds. The van der Waals surface area contributed by atoms with Crippen LogP contribution in [0.2, 0.25) is 0 Å². The fraction of sp³-hybridized carbons (Fsp3) is 0.200. The van der Waals surface area contributed by atoms with Crippen molar-refractivity contribution < 1.29 is 5.11 Å². The van der Waals surface area contributed by atoms with Crippen molar-refractivity contribution in [1.29, 1.82) is 0 Å². The van der Waals surface area contributed by atoms with Crippen molar-refractivity contribution in [2.75, 3.05) is 6.61 Å². The third-order valence-electron chi connectivity index (χ3n) is 1.53. The Balaban J connectivity index is 2.58. The summed E-state index contributed by atoms with van der Waals surface area (Å²) in [6.07, 6.45) is 2.30. The van der Waals surface area contributed by atoms with Crippen molar-refractivity contribution in [3.63, 3.8) is 0 Å². The van der Waals surface area contributed by atoms with Crippen LogP contribution in [-0.4, -0.2) is 11.7 Å². The standard InChI is InChI=1S/C10H11ClO/c11-10(6-7-12)8-9-4-2-1-3-5-9/h1-6,12H,7-8H2. The molecule has 0 aliphatic rings. The number of hydrogen-bond donors (Lipinski definition) is 1. The second kappa shape index (κ2) is 4.96. The Morgan fingerprint density at radius 2 is 2.00 bits per heavy atom. The molecule has 0 aliphatic heterocycles. The molecular formula is C10H11ClO. The molecule has 0 aliphatic carbocycles. The first kappa shape index (κ1) is 9.30. The molecule has 12 heavy (non-hydrogen) atoms. The fourth-order valence-electron chi connectivity index (χ4n) is 0.962. The van der Waals surface area contributed by atoms with Crippen LogP contribution in [-0.2, 0) is 6.42 Å². The van der Waals surface area contributed by atoms with Gasteiger partial charge in [0.25, 0.3) is 0 Å². The van der Waals surface area contributed by atoms with E-state index in [1.54, 1.807) is 6.08 Å². The molecule has 0 aromatic heterocycles. The highest BCUT2D eigenvalue weighted by molar-refractivity contribution is 6.29. The van der Waals surface area contributed by atoms with Gasteiger partial charge >= 0.3 is 0 Å². The minimum absolute atomic E-state index is 0.00562. The van der Waals surface area contributed by atoms with Gasteiger partial charge in [-0.2, -0.15) is 0 Å². The number of aliphatic hydroxyl groups is 1. The lowest BCUT2D eigenvalue weighted by atomic mass is 10.1. The van der Waals surface area contributed by atoms with Crippen LogP contribution < -0.4 is 0 Å². The van der Waals surface area contributed by atoms with Crippen molar-refractivity contribution in [2.45, 2.75) is 6.42 Å². The number of halogens is 1. The van der Waals surface area contributed by atoms with Gasteiger partial charge in [0.2, 0.25) is 0 Å². The summed E-state index contributed by atoms with van der Waals surface area (Å²) in [6.45, 7) is 0.00562. The summed E-state index contributed by atoms with van der Waals surface area (Å²) < 4.78 is 0. The van der Waals surface area contributed by atoms with Crippen molar-refractivity contribution in [3.05, 3.63) is 47.0 Å². The third kappa shape index (κ3) is 3.07. The van der Waals surface area contributed by atoms with Gasteiger partial charge in [-0.05, 0) is 11.6 Å². The Kier molecular flexibility index (Phi) is 3.85. The van der Waals surface area contributed by atoms with Gasteiger partial charge in [0.1, 0.15) is 0 Å². The van der Waals surface area contributed by atoms with Gasteiger partial charge in [0, 0.05) is 11.5 Å². The van der Waals surface area contributed by atoms with E-state index in [2.05, 4.69) is 0 Å². The monoisotopic (exact) mass is 182 g/mol. The van der Waals surface area contributed by atoms with Crippen LogP contribution >= 0.6 is 11.6 Å². The van der Waals surface area contributed by atoms with Crippen LogP contribution in [0.1, 0.15) is 5.56 Å². The summed E-state index contributed by atoms with van der Waals surface area (Å²) in [7, 11) is 0. The van der Waals surface area contributed by atoms with Crippen molar-refractivity contribution >= 4 is 11.6 Å². The lowest BCUT2D eigenvalue weighted by molar-refractivity contribution is 0.342. The van der Waals surface area contributed by atoms with Gasteiger partial charge in [-0.25, -0.2) is 0 Å². The van der Waals surface area contributed by atoms with E-state index >= 15 is 0 Å². The van der Waals surface area contributed by atoms with E-state index in [-0.39, 0.29) is 6.61 Å². The minimum Gasteiger partial charge on any atom is -0.392 e. The fourth-order valence-corrected chi connectivity index (χ4v) is 1.19. The van der Waals surface area contributed by atoms with Gasteiger partial charge in [0.05, 0.1) is 6.61 Å². The Labute approximate surface area is 77.3 Å². The average Bonchev–Trinajstić information content (AvgIpc) is 2.06. The number of hydrogen-bond acceptors (Lipinski definition) is 1. The molecular weight excluding hydrogens is 172 g/mol. The first-order valence-electron chi connectivity index (χ1n) is 3.82. The number of allylic oxidation sites excluding steroid dienone is 1.